The minimum atomic E-state index is 0.0300. The molecule has 2 rings (SSSR count). The number of carbonyl (C=O) groups is 1. The summed E-state index contributed by atoms with van der Waals surface area (Å²) >= 11 is 0. The number of nitrogens with one attached hydrogen (secondary N) is 1. The van der Waals surface area contributed by atoms with Gasteiger partial charge in [0.15, 0.2) is 0 Å². The van der Waals surface area contributed by atoms with Crippen molar-refractivity contribution >= 4 is 5.91 Å². The zero-order chi connectivity index (χ0) is 15.8. The van der Waals surface area contributed by atoms with Crippen molar-refractivity contribution in [1.29, 1.82) is 0 Å². The normalized spacial score (nSPS) is 33.2. The third-order valence-corrected chi connectivity index (χ3v) is 5.14. The van der Waals surface area contributed by atoms with E-state index < -0.39 is 0 Å². The van der Waals surface area contributed by atoms with E-state index in [1.54, 1.807) is 0 Å². The van der Waals surface area contributed by atoms with Gasteiger partial charge >= 0.3 is 0 Å². The van der Waals surface area contributed by atoms with Crippen molar-refractivity contribution in [1.82, 2.24) is 10.2 Å². The van der Waals surface area contributed by atoms with Crippen LogP contribution < -0.4 is 5.32 Å². The standard InChI is InChI=1S/C18H34N2O/c1-12(2)10-15-17(21)20(16(19-15)13(3)4)14-8-7-9-18(5,6)11-14/h12-16,19H,7-11H2,1-6H3. The van der Waals surface area contributed by atoms with Gasteiger partial charge in [-0.05, 0) is 42.9 Å². The van der Waals surface area contributed by atoms with Crippen LogP contribution in [0, 0.1) is 17.3 Å². The number of hydrogen-bond acceptors (Lipinski definition) is 2. The molecule has 0 radical (unpaired) electrons. The largest absolute Gasteiger partial charge is 0.323 e. The molecular formula is C18H34N2O. The Morgan fingerprint density at radius 2 is 1.95 bits per heavy atom. The summed E-state index contributed by atoms with van der Waals surface area (Å²) in [5.41, 5.74) is 0.376. The highest BCUT2D eigenvalue weighted by molar-refractivity contribution is 5.84. The van der Waals surface area contributed by atoms with Crippen LogP contribution in [0.25, 0.3) is 0 Å². The van der Waals surface area contributed by atoms with Gasteiger partial charge in [-0.3, -0.25) is 10.1 Å². The van der Waals surface area contributed by atoms with Crippen molar-refractivity contribution in [3.63, 3.8) is 0 Å². The molecule has 3 atom stereocenters. The van der Waals surface area contributed by atoms with Crippen LogP contribution in [0.5, 0.6) is 0 Å². The minimum absolute atomic E-state index is 0.0300. The van der Waals surface area contributed by atoms with E-state index in [1.807, 2.05) is 0 Å². The summed E-state index contributed by atoms with van der Waals surface area (Å²) in [4.78, 5) is 15.2. The molecule has 1 N–H and O–H groups in total. The Balaban J connectivity index is 2.16. The summed E-state index contributed by atoms with van der Waals surface area (Å²) < 4.78 is 0. The highest BCUT2D eigenvalue weighted by Gasteiger charge is 2.45. The lowest BCUT2D eigenvalue weighted by atomic mass is 9.74. The van der Waals surface area contributed by atoms with E-state index in [0.717, 1.165) is 12.8 Å². The summed E-state index contributed by atoms with van der Waals surface area (Å²) in [6.45, 7) is 13.6. The molecule has 1 amide bonds. The second-order valence-corrected chi connectivity index (χ2v) is 8.70. The number of amides is 1. The average molecular weight is 294 g/mol. The average Bonchev–Trinajstić information content (AvgIpc) is 2.65. The first kappa shape index (κ1) is 16.8. The van der Waals surface area contributed by atoms with Crippen LogP contribution >= 0.6 is 0 Å². The fourth-order valence-corrected chi connectivity index (χ4v) is 4.13. The molecule has 21 heavy (non-hydrogen) atoms. The maximum atomic E-state index is 12.9. The molecule has 122 valence electrons. The third-order valence-electron chi connectivity index (χ3n) is 5.14. The highest BCUT2D eigenvalue weighted by atomic mass is 16.2. The zero-order valence-corrected chi connectivity index (χ0v) is 14.8. The quantitative estimate of drug-likeness (QED) is 0.855. The van der Waals surface area contributed by atoms with Gasteiger partial charge in [-0.2, -0.15) is 0 Å². The first-order valence-electron chi connectivity index (χ1n) is 8.79. The van der Waals surface area contributed by atoms with Gasteiger partial charge in [0, 0.05) is 6.04 Å². The topological polar surface area (TPSA) is 32.3 Å². The second kappa shape index (κ2) is 6.28. The Morgan fingerprint density at radius 1 is 1.29 bits per heavy atom. The second-order valence-electron chi connectivity index (χ2n) is 8.70. The Morgan fingerprint density at radius 3 is 2.48 bits per heavy atom. The van der Waals surface area contributed by atoms with Gasteiger partial charge in [-0.1, -0.05) is 48.0 Å². The molecule has 1 aliphatic carbocycles. The van der Waals surface area contributed by atoms with Gasteiger partial charge < -0.3 is 4.90 Å². The lowest BCUT2D eigenvalue weighted by Gasteiger charge is -2.42. The molecule has 1 heterocycles. The predicted octanol–water partition coefficient (Wildman–Crippen LogP) is 3.78. The molecule has 3 heteroatoms. The van der Waals surface area contributed by atoms with Crippen molar-refractivity contribution in [2.24, 2.45) is 17.3 Å². The fraction of sp³-hybridized carbons (Fsp3) is 0.944. The molecule has 0 bridgehead atoms. The van der Waals surface area contributed by atoms with Gasteiger partial charge in [0.25, 0.3) is 0 Å². The third kappa shape index (κ3) is 3.80. The van der Waals surface area contributed by atoms with Crippen LogP contribution in [-0.4, -0.2) is 29.1 Å². The number of carbonyl (C=O) groups excluding carboxylic acids is 1. The highest BCUT2D eigenvalue weighted by Crippen LogP contribution is 2.39. The van der Waals surface area contributed by atoms with Gasteiger partial charge in [-0.25, -0.2) is 0 Å². The predicted molar refractivity (Wildman–Crippen MR) is 87.9 cm³/mol. The van der Waals surface area contributed by atoms with Crippen molar-refractivity contribution in [2.45, 2.75) is 91.9 Å². The molecule has 1 saturated carbocycles. The Kier molecular flexibility index (Phi) is 5.02. The Hall–Kier alpha value is -0.570. The summed E-state index contributed by atoms with van der Waals surface area (Å²) in [7, 11) is 0. The van der Waals surface area contributed by atoms with Gasteiger partial charge in [0.2, 0.25) is 5.91 Å². The summed E-state index contributed by atoms with van der Waals surface area (Å²) in [5.74, 6) is 1.38. The minimum Gasteiger partial charge on any atom is -0.323 e. The molecule has 0 spiro atoms. The SMILES string of the molecule is CC(C)CC1NC(C(C)C)N(C2CCCC(C)(C)C2)C1=O. The summed E-state index contributed by atoms with van der Waals surface area (Å²) in [6, 6.07) is 0.459. The zero-order valence-electron chi connectivity index (χ0n) is 14.8. The molecule has 0 aromatic rings. The van der Waals surface area contributed by atoms with Gasteiger partial charge in [0.05, 0.1) is 12.2 Å². The van der Waals surface area contributed by atoms with E-state index in [1.165, 1.54) is 19.3 Å². The molecule has 0 aromatic heterocycles. The molecule has 3 unspecified atom stereocenters. The van der Waals surface area contributed by atoms with Crippen molar-refractivity contribution in [2.75, 3.05) is 0 Å². The van der Waals surface area contributed by atoms with Crippen LogP contribution in [-0.2, 0) is 4.79 Å². The Labute approximate surface area is 130 Å². The summed E-state index contributed by atoms with van der Waals surface area (Å²) in [5, 5.41) is 3.62. The van der Waals surface area contributed by atoms with E-state index >= 15 is 0 Å². The molecule has 0 aromatic carbocycles. The maximum Gasteiger partial charge on any atom is 0.241 e. The van der Waals surface area contributed by atoms with Crippen molar-refractivity contribution in [3.05, 3.63) is 0 Å². The molecular weight excluding hydrogens is 260 g/mol. The van der Waals surface area contributed by atoms with E-state index in [0.29, 0.717) is 29.2 Å². The number of hydrogen-bond donors (Lipinski definition) is 1. The smallest absolute Gasteiger partial charge is 0.241 e. The molecule has 2 fully saturated rings. The van der Waals surface area contributed by atoms with Gasteiger partial charge in [0.1, 0.15) is 0 Å². The number of rotatable bonds is 4. The van der Waals surface area contributed by atoms with E-state index in [4.69, 9.17) is 0 Å². The molecule has 2 aliphatic rings. The van der Waals surface area contributed by atoms with Crippen LogP contribution in [0.2, 0.25) is 0 Å². The van der Waals surface area contributed by atoms with Crippen molar-refractivity contribution in [3.8, 4) is 0 Å². The van der Waals surface area contributed by atoms with E-state index in [-0.39, 0.29) is 12.2 Å². The molecule has 3 nitrogen and oxygen atoms in total. The van der Waals surface area contributed by atoms with Crippen LogP contribution in [0.4, 0.5) is 0 Å². The van der Waals surface area contributed by atoms with Crippen molar-refractivity contribution < 1.29 is 4.79 Å². The monoisotopic (exact) mass is 294 g/mol. The van der Waals surface area contributed by atoms with Crippen LogP contribution in [0.1, 0.15) is 73.6 Å². The first-order chi connectivity index (χ1) is 9.71. The van der Waals surface area contributed by atoms with Gasteiger partial charge in [-0.15, -0.1) is 0 Å². The lowest BCUT2D eigenvalue weighted by molar-refractivity contribution is -0.134. The van der Waals surface area contributed by atoms with E-state index in [9.17, 15) is 4.79 Å². The van der Waals surface area contributed by atoms with Crippen LogP contribution in [0.3, 0.4) is 0 Å². The molecule has 1 saturated heterocycles. The first-order valence-corrected chi connectivity index (χ1v) is 8.79. The van der Waals surface area contributed by atoms with E-state index in [2.05, 4.69) is 51.8 Å². The van der Waals surface area contributed by atoms with Crippen LogP contribution in [0.15, 0.2) is 0 Å². The lowest BCUT2D eigenvalue weighted by Crippen LogP contribution is -2.49. The number of nitrogens with zero attached hydrogens (tertiary/aromatic N) is 1. The Bertz CT molecular complexity index is 375. The maximum absolute atomic E-state index is 12.9. The summed E-state index contributed by atoms with van der Waals surface area (Å²) in [6.07, 6.45) is 6.04. The molecule has 1 aliphatic heterocycles. The fourth-order valence-electron chi connectivity index (χ4n) is 4.13.